The molecule has 122 valence electrons. The van der Waals surface area contributed by atoms with Gasteiger partial charge in [0, 0.05) is 24.8 Å². The minimum Gasteiger partial charge on any atom is -0.337 e. The van der Waals surface area contributed by atoms with Crippen molar-refractivity contribution in [2.75, 3.05) is 20.1 Å². The third-order valence-electron chi connectivity index (χ3n) is 4.69. The van der Waals surface area contributed by atoms with E-state index in [1.807, 2.05) is 18.0 Å². The first-order valence-corrected chi connectivity index (χ1v) is 7.90. The molecule has 22 heavy (non-hydrogen) atoms. The minimum atomic E-state index is -0.229. The van der Waals surface area contributed by atoms with Gasteiger partial charge in [0.15, 0.2) is 0 Å². The first-order valence-electron chi connectivity index (χ1n) is 7.90. The molecule has 1 atom stereocenters. The van der Waals surface area contributed by atoms with Crippen molar-refractivity contribution < 1.29 is 4.79 Å². The Morgan fingerprint density at radius 3 is 2.86 bits per heavy atom. The van der Waals surface area contributed by atoms with E-state index in [2.05, 4.69) is 10.3 Å². The molecule has 0 radical (unpaired) electrons. The Morgan fingerprint density at radius 2 is 2.09 bits per heavy atom. The fourth-order valence-corrected chi connectivity index (χ4v) is 3.40. The van der Waals surface area contributed by atoms with Crippen LogP contribution in [-0.4, -0.2) is 42.0 Å². The number of likely N-dealkylation sites (N-methyl/N-ethyl adjacent to an activating group) is 1. The molecule has 1 unspecified atom stereocenters. The van der Waals surface area contributed by atoms with Crippen molar-refractivity contribution in [3.05, 3.63) is 33.2 Å². The maximum atomic E-state index is 12.6. The lowest BCUT2D eigenvalue weighted by Crippen LogP contribution is -2.48. The lowest BCUT2D eigenvalue weighted by atomic mass is 9.94. The molecule has 2 N–H and O–H groups in total. The highest BCUT2D eigenvalue weighted by Crippen LogP contribution is 2.20. The minimum absolute atomic E-state index is 0. The molecule has 6 heteroatoms. The third kappa shape index (κ3) is 3.36. The second kappa shape index (κ2) is 7.29. The van der Waals surface area contributed by atoms with Crippen molar-refractivity contribution in [1.82, 2.24) is 15.2 Å². The van der Waals surface area contributed by atoms with Gasteiger partial charge in [-0.3, -0.25) is 9.59 Å². The SMILES string of the molecule is CNC1CCCN(C(=O)c2cc3c([nH]c2=O)CCCC3)C1.Cl. The summed E-state index contributed by atoms with van der Waals surface area (Å²) in [5, 5.41) is 3.22. The molecule has 0 aromatic carbocycles. The zero-order valence-corrected chi connectivity index (χ0v) is 13.8. The van der Waals surface area contributed by atoms with Gasteiger partial charge >= 0.3 is 0 Å². The topological polar surface area (TPSA) is 65.2 Å². The molecule has 1 aromatic heterocycles. The molecule has 1 aromatic rings. The Kier molecular flexibility index (Phi) is 5.64. The number of hydrogen-bond donors (Lipinski definition) is 2. The van der Waals surface area contributed by atoms with E-state index in [9.17, 15) is 9.59 Å². The number of aromatic amines is 1. The van der Waals surface area contributed by atoms with Gasteiger partial charge in [0.1, 0.15) is 5.56 Å². The first-order chi connectivity index (χ1) is 10.2. The molecule has 0 saturated carbocycles. The molecule has 1 aliphatic carbocycles. The average molecular weight is 326 g/mol. The van der Waals surface area contributed by atoms with Gasteiger partial charge in [0.25, 0.3) is 11.5 Å². The number of piperidine rings is 1. The molecular weight excluding hydrogens is 302 g/mol. The Bertz CT molecular complexity index is 600. The van der Waals surface area contributed by atoms with Gasteiger partial charge in [-0.15, -0.1) is 12.4 Å². The molecule has 5 nitrogen and oxygen atoms in total. The zero-order valence-electron chi connectivity index (χ0n) is 13.0. The van der Waals surface area contributed by atoms with Crippen LogP contribution in [0, 0.1) is 0 Å². The van der Waals surface area contributed by atoms with E-state index >= 15 is 0 Å². The highest BCUT2D eigenvalue weighted by molar-refractivity contribution is 5.94. The number of hydrogen-bond acceptors (Lipinski definition) is 3. The largest absolute Gasteiger partial charge is 0.337 e. The fraction of sp³-hybridized carbons (Fsp3) is 0.625. The van der Waals surface area contributed by atoms with Gasteiger partial charge in [-0.2, -0.15) is 0 Å². The van der Waals surface area contributed by atoms with Gasteiger partial charge in [-0.05, 0) is 57.2 Å². The van der Waals surface area contributed by atoms with Crippen LogP contribution in [0.3, 0.4) is 0 Å². The molecule has 0 spiro atoms. The number of likely N-dealkylation sites (tertiary alicyclic amines) is 1. The average Bonchev–Trinajstić information content (AvgIpc) is 2.53. The normalized spacial score (nSPS) is 21.0. The highest BCUT2D eigenvalue weighted by Gasteiger charge is 2.26. The Balaban J connectivity index is 0.00000176. The van der Waals surface area contributed by atoms with E-state index in [0.29, 0.717) is 18.2 Å². The van der Waals surface area contributed by atoms with Gasteiger partial charge in [-0.25, -0.2) is 0 Å². The molecule has 2 aliphatic rings. The quantitative estimate of drug-likeness (QED) is 0.866. The summed E-state index contributed by atoms with van der Waals surface area (Å²) in [6.45, 7) is 1.43. The van der Waals surface area contributed by atoms with Crippen LogP contribution in [0.2, 0.25) is 0 Å². The number of amides is 1. The van der Waals surface area contributed by atoms with Crippen molar-refractivity contribution in [3.8, 4) is 0 Å². The fourth-order valence-electron chi connectivity index (χ4n) is 3.40. The highest BCUT2D eigenvalue weighted by atomic mass is 35.5. The number of rotatable bonds is 2. The monoisotopic (exact) mass is 325 g/mol. The standard InChI is InChI=1S/C16H23N3O2.ClH/c1-17-12-6-4-8-19(10-12)16(21)13-9-11-5-2-3-7-14(11)18-15(13)20;/h9,12,17H,2-8,10H2,1H3,(H,18,20);1H. The number of aromatic nitrogens is 1. The van der Waals surface area contributed by atoms with Gasteiger partial charge in [0.05, 0.1) is 0 Å². The third-order valence-corrected chi connectivity index (χ3v) is 4.69. The van der Waals surface area contributed by atoms with Crippen LogP contribution in [0.1, 0.15) is 47.3 Å². The van der Waals surface area contributed by atoms with Crippen LogP contribution in [0.25, 0.3) is 0 Å². The summed E-state index contributed by atoms with van der Waals surface area (Å²) < 4.78 is 0. The number of carbonyl (C=O) groups is 1. The lowest BCUT2D eigenvalue weighted by Gasteiger charge is -2.32. The van der Waals surface area contributed by atoms with Gasteiger partial charge in [-0.1, -0.05) is 0 Å². The summed E-state index contributed by atoms with van der Waals surface area (Å²) in [6.07, 6.45) is 6.21. The van der Waals surface area contributed by atoms with E-state index in [4.69, 9.17) is 0 Å². The summed E-state index contributed by atoms with van der Waals surface area (Å²) >= 11 is 0. The van der Waals surface area contributed by atoms with E-state index in [-0.39, 0.29) is 23.9 Å². The maximum absolute atomic E-state index is 12.6. The van der Waals surface area contributed by atoms with Crippen molar-refractivity contribution in [3.63, 3.8) is 0 Å². The lowest BCUT2D eigenvalue weighted by molar-refractivity contribution is 0.0696. The van der Waals surface area contributed by atoms with Crippen LogP contribution in [0.15, 0.2) is 10.9 Å². The van der Waals surface area contributed by atoms with Crippen molar-refractivity contribution in [2.24, 2.45) is 0 Å². The second-order valence-corrected chi connectivity index (χ2v) is 6.10. The molecule has 0 bridgehead atoms. The maximum Gasteiger partial charge on any atom is 0.261 e. The molecule has 3 rings (SSSR count). The van der Waals surface area contributed by atoms with Crippen LogP contribution in [0.5, 0.6) is 0 Å². The number of nitrogens with one attached hydrogen (secondary N) is 2. The molecule has 1 saturated heterocycles. The van der Waals surface area contributed by atoms with Crippen molar-refractivity contribution in [2.45, 2.75) is 44.6 Å². The van der Waals surface area contributed by atoms with Gasteiger partial charge in [0.2, 0.25) is 0 Å². The Hall–Kier alpha value is -1.33. The van der Waals surface area contributed by atoms with Crippen molar-refractivity contribution >= 4 is 18.3 Å². The number of fused-ring (bicyclic) bond motifs is 1. The zero-order chi connectivity index (χ0) is 14.8. The first kappa shape index (κ1) is 17.0. The van der Waals surface area contributed by atoms with E-state index in [0.717, 1.165) is 56.3 Å². The van der Waals surface area contributed by atoms with E-state index in [1.54, 1.807) is 0 Å². The second-order valence-electron chi connectivity index (χ2n) is 6.10. The predicted octanol–water partition coefficient (Wildman–Crippen LogP) is 1.50. The van der Waals surface area contributed by atoms with Crippen LogP contribution >= 0.6 is 12.4 Å². The number of pyridine rings is 1. The number of H-pyrrole nitrogens is 1. The summed E-state index contributed by atoms with van der Waals surface area (Å²) in [6, 6.07) is 2.16. The van der Waals surface area contributed by atoms with E-state index in [1.165, 1.54) is 0 Å². The van der Waals surface area contributed by atoms with Crippen LogP contribution in [0.4, 0.5) is 0 Å². The summed E-state index contributed by atoms with van der Waals surface area (Å²) in [4.78, 5) is 29.6. The number of carbonyl (C=O) groups excluding carboxylic acids is 1. The number of nitrogens with zero attached hydrogens (tertiary/aromatic N) is 1. The molecular formula is C16H24ClN3O2. The molecule has 1 aliphatic heterocycles. The molecule has 2 heterocycles. The molecule has 1 amide bonds. The number of halogens is 1. The summed E-state index contributed by atoms with van der Waals surface area (Å²) in [5.74, 6) is -0.121. The van der Waals surface area contributed by atoms with Crippen molar-refractivity contribution in [1.29, 1.82) is 0 Å². The predicted molar refractivity (Wildman–Crippen MR) is 88.9 cm³/mol. The Labute approximate surface area is 136 Å². The van der Waals surface area contributed by atoms with Crippen LogP contribution < -0.4 is 10.9 Å². The van der Waals surface area contributed by atoms with Gasteiger partial charge < -0.3 is 15.2 Å². The van der Waals surface area contributed by atoms with Crippen LogP contribution in [-0.2, 0) is 12.8 Å². The number of aryl methyl sites for hydroxylation is 2. The Morgan fingerprint density at radius 1 is 1.32 bits per heavy atom. The van der Waals surface area contributed by atoms with E-state index < -0.39 is 0 Å². The smallest absolute Gasteiger partial charge is 0.261 e. The summed E-state index contributed by atoms with van der Waals surface area (Å²) in [7, 11) is 1.92. The molecule has 1 fully saturated rings. The summed E-state index contributed by atoms with van der Waals surface area (Å²) in [5.41, 5.74) is 2.25.